The van der Waals surface area contributed by atoms with Gasteiger partial charge in [-0.25, -0.2) is 0 Å². The minimum absolute atomic E-state index is 0.0988. The summed E-state index contributed by atoms with van der Waals surface area (Å²) < 4.78 is 11.4. The van der Waals surface area contributed by atoms with Crippen molar-refractivity contribution in [3.63, 3.8) is 0 Å². The number of aliphatic hydroxyl groups excluding tert-OH is 5. The van der Waals surface area contributed by atoms with Crippen molar-refractivity contribution in [3.8, 4) is 0 Å². The van der Waals surface area contributed by atoms with Gasteiger partial charge in [0.25, 0.3) is 0 Å². The van der Waals surface area contributed by atoms with E-state index in [0.29, 0.717) is 18.3 Å². The highest BCUT2D eigenvalue weighted by Crippen LogP contribution is 2.61. The Bertz CT molecular complexity index is 557. The second-order valence-corrected chi connectivity index (χ2v) is 9.89. The molecule has 0 unspecified atom stereocenters. The minimum Gasteiger partial charge on any atom is -0.394 e. The van der Waals surface area contributed by atoms with Crippen molar-refractivity contribution in [2.75, 3.05) is 19.8 Å². The molecule has 0 aromatic rings. The largest absolute Gasteiger partial charge is 0.394 e. The van der Waals surface area contributed by atoms with Gasteiger partial charge in [-0.2, -0.15) is 0 Å². The third kappa shape index (κ3) is 3.87. The van der Waals surface area contributed by atoms with Crippen LogP contribution in [0.5, 0.6) is 0 Å². The molecule has 1 heterocycles. The Kier molecular flexibility index (Phi) is 6.98. The highest BCUT2D eigenvalue weighted by Gasteiger charge is 2.61. The number of hydrogen-bond acceptors (Lipinski definition) is 8. The topological polar surface area (TPSA) is 140 Å². The molecule has 1 saturated heterocycles. The zero-order valence-electron chi connectivity index (χ0n) is 17.6. The molecule has 1 aliphatic heterocycles. The molecule has 10 atom stereocenters. The van der Waals surface area contributed by atoms with Crippen LogP contribution in [0.3, 0.4) is 0 Å². The van der Waals surface area contributed by atoms with Crippen LogP contribution in [0.4, 0.5) is 0 Å². The summed E-state index contributed by atoms with van der Waals surface area (Å²) in [6.45, 7) is 5.91. The molecular formula is C21H38O8. The van der Waals surface area contributed by atoms with Crippen molar-refractivity contribution in [3.05, 3.63) is 0 Å². The summed E-state index contributed by atoms with van der Waals surface area (Å²) in [5, 5.41) is 60.5. The molecule has 8 heteroatoms. The fraction of sp³-hybridized carbons (Fsp3) is 1.00. The molecule has 3 aliphatic rings. The van der Waals surface area contributed by atoms with Crippen molar-refractivity contribution in [1.82, 2.24) is 0 Å². The van der Waals surface area contributed by atoms with Crippen LogP contribution in [0.2, 0.25) is 0 Å². The Morgan fingerprint density at radius 1 is 1.03 bits per heavy atom. The van der Waals surface area contributed by atoms with Gasteiger partial charge in [-0.05, 0) is 49.4 Å². The molecular weight excluding hydrogens is 380 g/mol. The van der Waals surface area contributed by atoms with Gasteiger partial charge in [0.05, 0.1) is 25.4 Å². The predicted molar refractivity (Wildman–Crippen MR) is 104 cm³/mol. The van der Waals surface area contributed by atoms with E-state index < -0.39 is 48.3 Å². The number of ether oxygens (including phenoxy) is 2. The summed E-state index contributed by atoms with van der Waals surface area (Å²) in [6.07, 6.45) is -3.35. The van der Waals surface area contributed by atoms with Crippen LogP contribution in [-0.4, -0.2) is 86.8 Å². The van der Waals surface area contributed by atoms with E-state index in [0.717, 1.165) is 19.3 Å². The Hall–Kier alpha value is -0.320. The second kappa shape index (κ2) is 8.67. The standard InChI is InChI=1S/C21H38O8/c1-11(2)12-4-6-20(3)14(5-7-21(20,27)10-23)13(12)9-28-19-18(26)17(25)16(24)15(8-22)29-19/h11-19,22-27H,4-10H2,1-3H3/t12-,13-,14-,15-,16-,17+,18-,19-,20+,21+/m1/s1. The summed E-state index contributed by atoms with van der Waals surface area (Å²) in [5.41, 5.74) is -1.50. The van der Waals surface area contributed by atoms with Crippen LogP contribution >= 0.6 is 0 Å². The smallest absolute Gasteiger partial charge is 0.186 e. The van der Waals surface area contributed by atoms with Crippen LogP contribution < -0.4 is 0 Å². The molecule has 0 aromatic heterocycles. The van der Waals surface area contributed by atoms with E-state index >= 15 is 0 Å². The number of fused-ring (bicyclic) bond motifs is 1. The summed E-state index contributed by atoms with van der Waals surface area (Å²) in [6, 6.07) is 0. The number of hydrogen-bond donors (Lipinski definition) is 6. The molecule has 0 bridgehead atoms. The molecule has 2 saturated carbocycles. The van der Waals surface area contributed by atoms with Crippen molar-refractivity contribution < 1.29 is 40.1 Å². The average Bonchev–Trinajstić information content (AvgIpc) is 2.97. The lowest BCUT2D eigenvalue weighted by molar-refractivity contribution is -0.306. The fourth-order valence-electron chi connectivity index (χ4n) is 6.17. The normalized spacial score (nSPS) is 50.7. The van der Waals surface area contributed by atoms with Crippen LogP contribution in [0.15, 0.2) is 0 Å². The monoisotopic (exact) mass is 418 g/mol. The van der Waals surface area contributed by atoms with Crippen molar-refractivity contribution in [1.29, 1.82) is 0 Å². The van der Waals surface area contributed by atoms with E-state index in [2.05, 4.69) is 20.8 Å². The Balaban J connectivity index is 1.76. The van der Waals surface area contributed by atoms with E-state index in [1.54, 1.807) is 0 Å². The van der Waals surface area contributed by atoms with Gasteiger partial charge >= 0.3 is 0 Å². The first-order valence-electron chi connectivity index (χ1n) is 10.8. The van der Waals surface area contributed by atoms with Gasteiger partial charge in [-0.1, -0.05) is 20.8 Å². The quantitative estimate of drug-likeness (QED) is 0.343. The van der Waals surface area contributed by atoms with Crippen molar-refractivity contribution >= 4 is 0 Å². The van der Waals surface area contributed by atoms with E-state index in [4.69, 9.17) is 9.47 Å². The third-order valence-electron chi connectivity index (χ3n) is 8.23. The lowest BCUT2D eigenvalue weighted by Gasteiger charge is -2.52. The maximum atomic E-state index is 11.0. The van der Waals surface area contributed by atoms with Gasteiger partial charge in [0, 0.05) is 5.41 Å². The van der Waals surface area contributed by atoms with E-state index in [9.17, 15) is 30.6 Å². The third-order valence-corrected chi connectivity index (χ3v) is 8.23. The molecule has 8 nitrogen and oxygen atoms in total. The van der Waals surface area contributed by atoms with Gasteiger partial charge in [-0.15, -0.1) is 0 Å². The number of aliphatic hydroxyl groups is 6. The first-order valence-corrected chi connectivity index (χ1v) is 10.8. The molecule has 2 aliphatic carbocycles. The zero-order chi connectivity index (χ0) is 21.6. The first-order chi connectivity index (χ1) is 13.6. The lowest BCUT2D eigenvalue weighted by atomic mass is 9.55. The zero-order valence-corrected chi connectivity index (χ0v) is 17.6. The Labute approximate surface area is 172 Å². The molecule has 0 radical (unpaired) electrons. The molecule has 0 aromatic carbocycles. The highest BCUT2D eigenvalue weighted by atomic mass is 16.7. The highest BCUT2D eigenvalue weighted by molar-refractivity contribution is 5.10. The van der Waals surface area contributed by atoms with Gasteiger partial charge in [0.15, 0.2) is 6.29 Å². The molecule has 29 heavy (non-hydrogen) atoms. The lowest BCUT2D eigenvalue weighted by Crippen LogP contribution is -2.59. The van der Waals surface area contributed by atoms with Crippen LogP contribution in [0.1, 0.15) is 46.5 Å². The van der Waals surface area contributed by atoms with Gasteiger partial charge in [0.1, 0.15) is 24.4 Å². The summed E-state index contributed by atoms with van der Waals surface area (Å²) in [4.78, 5) is 0. The summed E-state index contributed by atoms with van der Waals surface area (Å²) >= 11 is 0. The first kappa shape index (κ1) is 23.3. The van der Waals surface area contributed by atoms with E-state index in [-0.39, 0.29) is 25.0 Å². The average molecular weight is 419 g/mol. The fourth-order valence-corrected chi connectivity index (χ4v) is 6.17. The van der Waals surface area contributed by atoms with Crippen LogP contribution in [-0.2, 0) is 9.47 Å². The molecule has 0 spiro atoms. The van der Waals surface area contributed by atoms with Gasteiger partial charge in [-0.3, -0.25) is 0 Å². The second-order valence-electron chi connectivity index (χ2n) is 9.89. The van der Waals surface area contributed by atoms with Gasteiger partial charge in [0.2, 0.25) is 0 Å². The molecule has 3 rings (SSSR count). The Morgan fingerprint density at radius 3 is 2.31 bits per heavy atom. The number of rotatable bonds is 6. The van der Waals surface area contributed by atoms with Gasteiger partial charge < -0.3 is 40.1 Å². The molecule has 3 fully saturated rings. The van der Waals surface area contributed by atoms with E-state index in [1.807, 2.05) is 0 Å². The SMILES string of the molecule is CC(C)[C@H]1CC[C@@]2(C)[C@H](CC[C@]2(O)CO)[C@@H]1CO[C@@H]1O[C@H](CO)[C@@H](O)[C@H](O)[C@H]1O. The maximum Gasteiger partial charge on any atom is 0.186 e. The Morgan fingerprint density at radius 2 is 1.72 bits per heavy atom. The van der Waals surface area contributed by atoms with Crippen molar-refractivity contribution in [2.45, 2.75) is 82.8 Å². The summed E-state index contributed by atoms with van der Waals surface area (Å²) in [7, 11) is 0. The van der Waals surface area contributed by atoms with Crippen LogP contribution in [0, 0.1) is 29.1 Å². The maximum absolute atomic E-state index is 11.0. The molecule has 0 amide bonds. The molecule has 6 N–H and O–H groups in total. The van der Waals surface area contributed by atoms with Crippen molar-refractivity contribution in [2.24, 2.45) is 29.1 Å². The van der Waals surface area contributed by atoms with E-state index in [1.165, 1.54) is 0 Å². The summed E-state index contributed by atoms with van der Waals surface area (Å²) in [5.74, 6) is 1.03. The van der Waals surface area contributed by atoms with Crippen LogP contribution in [0.25, 0.3) is 0 Å². The molecule has 170 valence electrons. The predicted octanol–water partition coefficient (Wildman–Crippen LogP) is -0.375. The minimum atomic E-state index is -1.46.